The van der Waals surface area contributed by atoms with E-state index in [4.69, 9.17) is 5.53 Å². The van der Waals surface area contributed by atoms with Crippen molar-refractivity contribution in [3.8, 4) is 0 Å². The molecule has 0 atom stereocenters. The van der Waals surface area contributed by atoms with Crippen LogP contribution in [0, 0.1) is 0 Å². The molecule has 0 rings (SSSR count). The first-order chi connectivity index (χ1) is 4.95. The maximum absolute atomic E-state index is 10.4. The van der Waals surface area contributed by atoms with Crippen LogP contribution in [0.5, 0.6) is 0 Å². The van der Waals surface area contributed by atoms with Gasteiger partial charge >= 0.3 is 16.1 Å². The number of nitrogens with zero attached hydrogens (tertiary/aromatic N) is 3. The van der Waals surface area contributed by atoms with Crippen LogP contribution < -0.4 is 0 Å². The van der Waals surface area contributed by atoms with E-state index < -0.39 is 22.6 Å². The van der Waals surface area contributed by atoms with Crippen molar-refractivity contribution in [2.24, 2.45) is 5.11 Å². The molecule has 0 aromatic carbocycles. The van der Waals surface area contributed by atoms with E-state index in [-0.39, 0.29) is 0 Å². The molecule has 0 amide bonds. The normalized spacial score (nSPS) is 9.91. The molecule has 0 aliphatic carbocycles. The molecular weight excluding hydrogens is 174 g/mol. The maximum atomic E-state index is 10.4. The first kappa shape index (κ1) is 9.73. The van der Waals surface area contributed by atoms with Crippen molar-refractivity contribution in [1.29, 1.82) is 0 Å². The average Bonchev–Trinajstić information content (AvgIpc) is 1.79. The predicted octanol–water partition coefficient (Wildman–Crippen LogP) is -0.201. The topological polar surface area (TPSA) is 109 Å². The molecule has 0 aliphatic rings. The Hall–Kier alpha value is -1.27. The molecule has 11 heavy (non-hydrogen) atoms. The van der Waals surface area contributed by atoms with Gasteiger partial charge in [0.05, 0.1) is 6.26 Å². The van der Waals surface area contributed by atoms with Gasteiger partial charge in [-0.2, -0.15) is 8.42 Å². The summed E-state index contributed by atoms with van der Waals surface area (Å²) in [6.07, 6.45) is 0.723. The number of rotatable bonds is 3. The molecule has 0 aromatic heterocycles. The van der Waals surface area contributed by atoms with E-state index in [9.17, 15) is 13.2 Å². The number of azide groups is 1. The molecule has 62 valence electrons. The average molecular weight is 179 g/mol. The lowest BCUT2D eigenvalue weighted by Crippen LogP contribution is -2.13. The van der Waals surface area contributed by atoms with Crippen LogP contribution in [-0.2, 0) is 19.1 Å². The summed E-state index contributed by atoms with van der Waals surface area (Å²) in [6.45, 7) is -0.621. The summed E-state index contributed by atoms with van der Waals surface area (Å²) in [5.74, 6) is -1.09. The Labute approximate surface area is 62.7 Å². The zero-order chi connectivity index (χ0) is 8.91. The summed E-state index contributed by atoms with van der Waals surface area (Å²) in [5, 5.41) is 2.80. The third kappa shape index (κ3) is 6.62. The molecule has 0 aromatic rings. The number of hydrogen-bond donors (Lipinski definition) is 0. The second-order valence-electron chi connectivity index (χ2n) is 1.55. The van der Waals surface area contributed by atoms with Crippen molar-refractivity contribution < 1.29 is 17.4 Å². The monoisotopic (exact) mass is 179 g/mol. The fraction of sp³-hybridized carbons (Fsp3) is 0.667. The quantitative estimate of drug-likeness (QED) is 0.258. The lowest BCUT2D eigenvalue weighted by Gasteiger charge is -1.95. The highest BCUT2D eigenvalue weighted by Gasteiger charge is 2.08. The van der Waals surface area contributed by atoms with Crippen molar-refractivity contribution in [2.45, 2.75) is 0 Å². The highest BCUT2D eigenvalue weighted by atomic mass is 32.2. The Morgan fingerprint density at radius 2 is 2.27 bits per heavy atom. The van der Waals surface area contributed by atoms with Gasteiger partial charge in [-0.05, 0) is 5.53 Å². The van der Waals surface area contributed by atoms with E-state index in [1.807, 2.05) is 0 Å². The van der Waals surface area contributed by atoms with Gasteiger partial charge in [-0.15, -0.1) is 0 Å². The van der Waals surface area contributed by atoms with Gasteiger partial charge in [-0.1, -0.05) is 5.11 Å². The Balaban J connectivity index is 4.00. The number of carbonyl (C=O) groups excluding carboxylic acids is 1. The zero-order valence-electron chi connectivity index (χ0n) is 5.59. The van der Waals surface area contributed by atoms with E-state index in [1.54, 1.807) is 0 Å². The summed E-state index contributed by atoms with van der Waals surface area (Å²) in [5.41, 5.74) is 7.71. The van der Waals surface area contributed by atoms with Crippen LogP contribution in [-0.4, -0.2) is 27.2 Å². The van der Waals surface area contributed by atoms with Crippen molar-refractivity contribution in [2.75, 3.05) is 12.8 Å². The van der Waals surface area contributed by atoms with Gasteiger partial charge in [0.1, 0.15) is 6.54 Å². The second kappa shape index (κ2) is 3.79. The maximum Gasteiger partial charge on any atom is 0.327 e. The Kier molecular flexibility index (Phi) is 3.35. The van der Waals surface area contributed by atoms with Gasteiger partial charge in [-0.3, -0.25) is 4.79 Å². The number of hydrogen-bond acceptors (Lipinski definition) is 5. The molecule has 0 bridgehead atoms. The third-order valence-electron chi connectivity index (χ3n) is 0.507. The summed E-state index contributed by atoms with van der Waals surface area (Å²) < 4.78 is 24.3. The minimum atomic E-state index is -3.79. The molecule has 8 heteroatoms. The molecule has 0 spiro atoms. The van der Waals surface area contributed by atoms with E-state index in [1.165, 1.54) is 0 Å². The largest absolute Gasteiger partial charge is 0.346 e. The lowest BCUT2D eigenvalue weighted by atomic mass is 10.7. The van der Waals surface area contributed by atoms with Crippen molar-refractivity contribution in [3.05, 3.63) is 10.4 Å². The predicted molar refractivity (Wildman–Crippen MR) is 34.9 cm³/mol. The molecule has 7 nitrogen and oxygen atoms in total. The van der Waals surface area contributed by atoms with Crippen LogP contribution >= 0.6 is 0 Å². The van der Waals surface area contributed by atoms with Gasteiger partial charge in [0, 0.05) is 4.91 Å². The molecule has 0 N–H and O–H groups in total. The fourth-order valence-electron chi connectivity index (χ4n) is 0.285. The molecular formula is C3H5N3O4S. The van der Waals surface area contributed by atoms with E-state index in [2.05, 4.69) is 14.2 Å². The van der Waals surface area contributed by atoms with E-state index in [0.717, 1.165) is 6.26 Å². The molecule has 0 aliphatic heterocycles. The van der Waals surface area contributed by atoms with Crippen molar-refractivity contribution in [1.82, 2.24) is 0 Å². The minimum Gasteiger partial charge on any atom is -0.346 e. The van der Waals surface area contributed by atoms with Crippen LogP contribution in [0.3, 0.4) is 0 Å². The number of carbonyl (C=O) groups is 1. The highest BCUT2D eigenvalue weighted by molar-refractivity contribution is 7.86. The Morgan fingerprint density at radius 3 is 2.64 bits per heavy atom. The van der Waals surface area contributed by atoms with Crippen LogP contribution in [0.25, 0.3) is 10.4 Å². The highest BCUT2D eigenvalue weighted by Crippen LogP contribution is 1.88. The Morgan fingerprint density at radius 1 is 1.73 bits per heavy atom. The molecule has 0 saturated carbocycles. The zero-order valence-corrected chi connectivity index (χ0v) is 6.41. The first-order valence-electron chi connectivity index (χ1n) is 2.39. The third-order valence-corrected chi connectivity index (χ3v) is 0.996. The van der Waals surface area contributed by atoms with Gasteiger partial charge in [-0.25, -0.2) is 0 Å². The minimum absolute atomic E-state index is 0.621. The van der Waals surface area contributed by atoms with Gasteiger partial charge in [0.2, 0.25) is 0 Å². The van der Waals surface area contributed by atoms with E-state index in [0.29, 0.717) is 0 Å². The molecule has 0 saturated heterocycles. The molecule has 0 radical (unpaired) electrons. The summed E-state index contributed by atoms with van der Waals surface area (Å²) in [4.78, 5) is 12.6. The Bertz CT molecular complexity index is 288. The molecule has 0 heterocycles. The SMILES string of the molecule is CS(=O)(=O)OC(=O)CN=[N+]=[N-]. The van der Waals surface area contributed by atoms with Crippen LogP contribution in [0.1, 0.15) is 0 Å². The second-order valence-corrected chi connectivity index (χ2v) is 3.12. The van der Waals surface area contributed by atoms with Crippen molar-refractivity contribution in [3.63, 3.8) is 0 Å². The summed E-state index contributed by atoms with van der Waals surface area (Å²) >= 11 is 0. The van der Waals surface area contributed by atoms with Crippen LogP contribution in [0.2, 0.25) is 0 Å². The lowest BCUT2D eigenvalue weighted by molar-refractivity contribution is -0.132. The summed E-state index contributed by atoms with van der Waals surface area (Å²) in [7, 11) is -3.79. The standard InChI is InChI=1S/C3H5N3O4S/c1-11(8,9)10-3(7)2-5-6-4/h2H2,1H3. The van der Waals surface area contributed by atoms with Crippen LogP contribution in [0.4, 0.5) is 0 Å². The van der Waals surface area contributed by atoms with Crippen molar-refractivity contribution >= 4 is 16.1 Å². The molecule has 0 fully saturated rings. The fourth-order valence-corrected chi connectivity index (χ4v) is 0.675. The summed E-state index contributed by atoms with van der Waals surface area (Å²) in [6, 6.07) is 0. The first-order valence-corrected chi connectivity index (χ1v) is 4.20. The van der Waals surface area contributed by atoms with Gasteiger partial charge < -0.3 is 4.18 Å². The van der Waals surface area contributed by atoms with E-state index >= 15 is 0 Å². The smallest absolute Gasteiger partial charge is 0.327 e. The van der Waals surface area contributed by atoms with Gasteiger partial charge in [0.15, 0.2) is 0 Å². The van der Waals surface area contributed by atoms with Crippen LogP contribution in [0.15, 0.2) is 5.11 Å². The molecule has 0 unspecified atom stereocenters. The van der Waals surface area contributed by atoms with Gasteiger partial charge in [0.25, 0.3) is 0 Å².